The summed E-state index contributed by atoms with van der Waals surface area (Å²) in [5, 5.41) is 21.0. The van der Waals surface area contributed by atoms with E-state index in [2.05, 4.69) is 0 Å². The number of carbonyl (C=O) groups excluding carboxylic acids is 2. The summed E-state index contributed by atoms with van der Waals surface area (Å²) in [6.45, 7) is 2.85. The number of rotatable bonds is 5. The highest BCUT2D eigenvalue weighted by Crippen LogP contribution is 2.70. The maximum Gasteiger partial charge on any atom is 0.190 e. The van der Waals surface area contributed by atoms with Crippen LogP contribution in [-0.4, -0.2) is 59.7 Å². The molecule has 7 atom stereocenters. The zero-order valence-corrected chi connectivity index (χ0v) is 17.8. The number of carbonyl (C=O) groups is 2. The first kappa shape index (κ1) is 21.8. The molecule has 3 saturated carbocycles. The molecule has 0 unspecified atom stereocenters. The molecule has 0 amide bonds. The Kier molecular flexibility index (Phi) is 5.13. The van der Waals surface area contributed by atoms with Crippen molar-refractivity contribution in [1.29, 1.82) is 0 Å². The molecule has 4 aliphatic carbocycles. The van der Waals surface area contributed by atoms with E-state index in [9.17, 15) is 19.8 Å². The van der Waals surface area contributed by atoms with Crippen LogP contribution in [-0.2, 0) is 19.1 Å². The van der Waals surface area contributed by atoms with E-state index in [-0.39, 0.29) is 24.9 Å². The lowest BCUT2D eigenvalue weighted by Crippen LogP contribution is -2.69. The molecule has 0 heterocycles. The zero-order valence-electron chi connectivity index (χ0n) is 17.8. The number of allylic oxidation sites excluding steroid dienone is 4. The highest BCUT2D eigenvalue weighted by molar-refractivity contribution is 6.01. The van der Waals surface area contributed by atoms with E-state index in [1.165, 1.54) is 19.3 Å². The second kappa shape index (κ2) is 7.05. The molecule has 0 aromatic carbocycles. The minimum atomic E-state index is -1.95. The van der Waals surface area contributed by atoms with E-state index in [4.69, 9.17) is 9.47 Å². The molecular weight excluding hydrogens is 391 g/mol. The molecule has 0 aromatic heterocycles. The lowest BCUT2D eigenvalue weighted by molar-refractivity contribution is -0.238. The summed E-state index contributed by atoms with van der Waals surface area (Å²) in [7, 11) is 1.46. The highest BCUT2D eigenvalue weighted by Gasteiger charge is 2.74. The number of halogens is 1. The Morgan fingerprint density at radius 2 is 2.03 bits per heavy atom. The summed E-state index contributed by atoms with van der Waals surface area (Å²) in [4.78, 5) is 24.8. The fourth-order valence-corrected chi connectivity index (χ4v) is 7.26. The Labute approximate surface area is 176 Å². The quantitative estimate of drug-likeness (QED) is 0.661. The molecule has 4 aliphatic rings. The van der Waals surface area contributed by atoms with Crippen LogP contribution in [0.2, 0.25) is 0 Å². The van der Waals surface area contributed by atoms with Gasteiger partial charge in [-0.1, -0.05) is 18.6 Å². The molecule has 0 saturated heterocycles. The maximum atomic E-state index is 17.0. The molecule has 0 radical (unpaired) electrons. The van der Waals surface area contributed by atoms with Gasteiger partial charge in [-0.05, 0) is 57.1 Å². The smallest absolute Gasteiger partial charge is 0.190 e. The van der Waals surface area contributed by atoms with Crippen molar-refractivity contribution in [2.45, 2.75) is 63.3 Å². The number of ether oxygens (including phenoxy) is 2. The van der Waals surface area contributed by atoms with Gasteiger partial charge in [0.05, 0.1) is 6.10 Å². The number of aliphatic hydroxyl groups is 2. The van der Waals surface area contributed by atoms with E-state index in [1.54, 1.807) is 13.0 Å². The van der Waals surface area contributed by atoms with Gasteiger partial charge in [0.1, 0.15) is 19.0 Å². The van der Waals surface area contributed by atoms with Crippen LogP contribution in [0.15, 0.2) is 23.8 Å². The summed E-state index contributed by atoms with van der Waals surface area (Å²) in [6.07, 6.45) is 5.18. The first-order valence-electron chi connectivity index (χ1n) is 10.7. The van der Waals surface area contributed by atoms with Crippen molar-refractivity contribution in [1.82, 2.24) is 0 Å². The van der Waals surface area contributed by atoms with Crippen LogP contribution in [0.3, 0.4) is 0 Å². The highest BCUT2D eigenvalue weighted by atomic mass is 19.1. The van der Waals surface area contributed by atoms with Crippen LogP contribution in [0.25, 0.3) is 0 Å². The Morgan fingerprint density at radius 1 is 1.30 bits per heavy atom. The van der Waals surface area contributed by atoms with Crippen molar-refractivity contribution in [3.63, 3.8) is 0 Å². The van der Waals surface area contributed by atoms with Crippen LogP contribution in [0.4, 0.5) is 4.39 Å². The summed E-state index contributed by atoms with van der Waals surface area (Å²) in [6, 6.07) is 0. The monoisotopic (exact) mass is 422 g/mol. The number of aliphatic hydroxyl groups excluding tert-OH is 2. The molecule has 0 spiro atoms. The second-order valence-electron chi connectivity index (χ2n) is 9.76. The Morgan fingerprint density at radius 3 is 2.70 bits per heavy atom. The third-order valence-corrected chi connectivity index (χ3v) is 8.78. The number of hydrogen-bond donors (Lipinski definition) is 2. The topological polar surface area (TPSA) is 93.1 Å². The zero-order chi connectivity index (χ0) is 21.9. The molecule has 4 rings (SSSR count). The maximum absolute atomic E-state index is 17.0. The van der Waals surface area contributed by atoms with Crippen molar-refractivity contribution in [3.05, 3.63) is 23.8 Å². The van der Waals surface area contributed by atoms with Gasteiger partial charge in [0.2, 0.25) is 0 Å². The summed E-state index contributed by atoms with van der Waals surface area (Å²) >= 11 is 0. The number of hydrogen-bond acceptors (Lipinski definition) is 6. The van der Waals surface area contributed by atoms with E-state index >= 15 is 4.39 Å². The van der Waals surface area contributed by atoms with Crippen molar-refractivity contribution >= 4 is 11.6 Å². The molecule has 0 aromatic rings. The van der Waals surface area contributed by atoms with Crippen molar-refractivity contribution in [2.24, 2.45) is 22.7 Å². The van der Waals surface area contributed by atoms with Gasteiger partial charge in [0.15, 0.2) is 17.2 Å². The van der Waals surface area contributed by atoms with Gasteiger partial charge < -0.3 is 19.7 Å². The molecule has 6 nitrogen and oxygen atoms in total. The first-order chi connectivity index (χ1) is 14.1. The van der Waals surface area contributed by atoms with Crippen LogP contribution in [0.1, 0.15) is 46.0 Å². The fourth-order valence-electron chi connectivity index (χ4n) is 7.26. The van der Waals surface area contributed by atoms with Crippen molar-refractivity contribution in [3.8, 4) is 0 Å². The van der Waals surface area contributed by atoms with Crippen LogP contribution < -0.4 is 0 Å². The summed E-state index contributed by atoms with van der Waals surface area (Å²) in [5.41, 5.74) is -4.44. The van der Waals surface area contributed by atoms with Gasteiger partial charge in [-0.25, -0.2) is 4.39 Å². The average Bonchev–Trinajstić information content (AvgIpc) is 3.00. The molecule has 0 aliphatic heterocycles. The second-order valence-corrected chi connectivity index (χ2v) is 9.76. The Bertz CT molecular complexity index is 823. The van der Waals surface area contributed by atoms with Gasteiger partial charge >= 0.3 is 0 Å². The van der Waals surface area contributed by atoms with E-state index in [0.29, 0.717) is 25.7 Å². The number of Topliss-reactive ketones (excluding diaryl/α,β-unsaturated/α-hetero) is 1. The predicted octanol–water partition coefficient (Wildman–Crippen LogP) is 2.28. The number of ketones is 2. The number of alkyl halides is 1. The minimum absolute atomic E-state index is 0.0325. The van der Waals surface area contributed by atoms with Crippen LogP contribution >= 0.6 is 0 Å². The van der Waals surface area contributed by atoms with Gasteiger partial charge in [-0.15, -0.1) is 0 Å². The van der Waals surface area contributed by atoms with Gasteiger partial charge in [-0.3, -0.25) is 9.59 Å². The lowest BCUT2D eigenvalue weighted by atomic mass is 9.44. The SMILES string of the molecule is COCO[C@]1(C(=O)CO)CC[C@H]2[C@@H]3CCC4=CC(=O)C=C[C@]4(C)[C@@]3(F)[C@@H](O)C[C@@]21C. The van der Waals surface area contributed by atoms with Crippen molar-refractivity contribution in [2.75, 3.05) is 20.5 Å². The fraction of sp³-hybridized carbons (Fsp3) is 0.739. The Balaban J connectivity index is 1.79. The number of fused-ring (bicyclic) bond motifs is 5. The minimum Gasteiger partial charge on any atom is -0.390 e. The van der Waals surface area contributed by atoms with E-state index in [1.807, 2.05) is 6.92 Å². The standard InChI is InChI=1S/C23H31FO6/c1-20-8-6-15(26)10-14(20)4-5-17-16-7-9-22(19(28)12-25,30-13-29-3)21(16,2)11-18(27)23(17,20)24/h6,8,10,16-18,25,27H,4-5,7,9,11-13H2,1-3H3/t16-,17-,18-,20-,21-,22-,23-/m0/s1. The molecule has 30 heavy (non-hydrogen) atoms. The van der Waals surface area contributed by atoms with E-state index < -0.39 is 46.5 Å². The third-order valence-electron chi connectivity index (χ3n) is 8.78. The predicted molar refractivity (Wildman–Crippen MR) is 106 cm³/mol. The Hall–Kier alpha value is -1.41. The summed E-state index contributed by atoms with van der Waals surface area (Å²) < 4.78 is 28.0. The van der Waals surface area contributed by atoms with E-state index in [0.717, 1.165) is 5.57 Å². The van der Waals surface area contributed by atoms with Gasteiger partial charge in [0.25, 0.3) is 0 Å². The molecule has 0 bridgehead atoms. The first-order valence-corrected chi connectivity index (χ1v) is 10.7. The van der Waals surface area contributed by atoms with Crippen LogP contribution in [0.5, 0.6) is 0 Å². The normalized spacial score (nSPS) is 47.3. The molecular formula is C23H31FO6. The van der Waals surface area contributed by atoms with Crippen molar-refractivity contribution < 1.29 is 33.7 Å². The molecule has 2 N–H and O–H groups in total. The van der Waals surface area contributed by atoms with Gasteiger partial charge in [-0.2, -0.15) is 0 Å². The lowest BCUT2D eigenvalue weighted by Gasteiger charge is -2.63. The van der Waals surface area contributed by atoms with Crippen LogP contribution in [0, 0.1) is 22.7 Å². The largest absolute Gasteiger partial charge is 0.390 e. The molecule has 3 fully saturated rings. The average molecular weight is 422 g/mol. The number of methoxy groups -OCH3 is 1. The molecule has 7 heteroatoms. The third kappa shape index (κ3) is 2.49. The summed E-state index contributed by atoms with van der Waals surface area (Å²) in [5.74, 6) is -1.30. The van der Waals surface area contributed by atoms with Gasteiger partial charge in [0, 0.05) is 23.9 Å². The molecule has 166 valence electrons.